The zero-order valence-corrected chi connectivity index (χ0v) is 11.5. The number of benzene rings is 2. The Hall–Kier alpha value is -2.13. The highest BCUT2D eigenvalue weighted by atomic mass is 15.3. The van der Waals surface area contributed by atoms with Gasteiger partial charge in [-0.15, -0.1) is 0 Å². The average molecular weight is 263 g/mol. The molecule has 2 aromatic carbocycles. The van der Waals surface area contributed by atoms with Crippen LogP contribution in [0.5, 0.6) is 0 Å². The topological polar surface area (TPSA) is 21.1 Å². The molecule has 0 spiro atoms. The molecule has 1 aliphatic rings. The molecule has 0 fully saturated rings. The Labute approximate surface area is 118 Å². The second-order valence-electron chi connectivity index (χ2n) is 5.56. The lowest BCUT2D eigenvalue weighted by Gasteiger charge is -2.32. The van der Waals surface area contributed by atoms with Gasteiger partial charge in [0.15, 0.2) is 0 Å². The molecule has 2 heterocycles. The van der Waals surface area contributed by atoms with Crippen molar-refractivity contribution in [1.29, 1.82) is 0 Å². The fourth-order valence-corrected chi connectivity index (χ4v) is 3.20. The van der Waals surface area contributed by atoms with Crippen LogP contribution in [0, 0.1) is 0 Å². The Morgan fingerprint density at radius 2 is 1.85 bits per heavy atom. The number of rotatable bonds is 1. The van der Waals surface area contributed by atoms with E-state index in [0.717, 1.165) is 13.1 Å². The third-order valence-corrected chi connectivity index (χ3v) is 4.14. The van der Waals surface area contributed by atoms with Gasteiger partial charge in [-0.3, -0.25) is 9.58 Å². The lowest BCUT2D eigenvalue weighted by Crippen LogP contribution is -2.34. The highest BCUT2D eigenvalue weighted by Crippen LogP contribution is 2.30. The van der Waals surface area contributed by atoms with Gasteiger partial charge in [0.25, 0.3) is 0 Å². The van der Waals surface area contributed by atoms with Crippen molar-refractivity contribution in [3.63, 3.8) is 0 Å². The second kappa shape index (κ2) is 4.46. The molecule has 0 amide bonds. The number of likely N-dealkylation sites (N-methyl/N-ethyl adjacent to an activating group) is 1. The zero-order valence-electron chi connectivity index (χ0n) is 11.5. The van der Waals surface area contributed by atoms with E-state index in [1.54, 1.807) is 0 Å². The molecule has 1 aliphatic heterocycles. The lowest BCUT2D eigenvalue weighted by molar-refractivity contribution is 0.259. The monoisotopic (exact) mass is 263 g/mol. The van der Waals surface area contributed by atoms with Crippen molar-refractivity contribution in [3.8, 4) is 0 Å². The summed E-state index contributed by atoms with van der Waals surface area (Å²) in [6.45, 7) is 2.02. The van der Waals surface area contributed by atoms with Crippen LogP contribution >= 0.6 is 0 Å². The molecule has 1 atom stereocenters. The van der Waals surface area contributed by atoms with Gasteiger partial charge in [-0.25, -0.2) is 0 Å². The first-order valence-corrected chi connectivity index (χ1v) is 7.01. The first-order chi connectivity index (χ1) is 9.83. The van der Waals surface area contributed by atoms with E-state index < -0.39 is 0 Å². The Balaban J connectivity index is 1.90. The molecule has 4 rings (SSSR count). The van der Waals surface area contributed by atoms with Crippen molar-refractivity contribution in [2.45, 2.75) is 12.6 Å². The van der Waals surface area contributed by atoms with Gasteiger partial charge in [-0.2, -0.15) is 5.10 Å². The summed E-state index contributed by atoms with van der Waals surface area (Å²) in [5.74, 6) is 0. The van der Waals surface area contributed by atoms with Crippen LogP contribution < -0.4 is 0 Å². The molecule has 0 radical (unpaired) electrons. The van der Waals surface area contributed by atoms with E-state index in [9.17, 15) is 0 Å². The maximum atomic E-state index is 4.64. The molecule has 0 saturated carbocycles. The van der Waals surface area contributed by atoms with Crippen molar-refractivity contribution < 1.29 is 0 Å². The Morgan fingerprint density at radius 3 is 2.80 bits per heavy atom. The summed E-state index contributed by atoms with van der Waals surface area (Å²) in [6.07, 6.45) is 1.96. The first-order valence-electron chi connectivity index (χ1n) is 7.01. The molecular weight excluding hydrogens is 246 g/mol. The van der Waals surface area contributed by atoms with Gasteiger partial charge in [0.1, 0.15) is 0 Å². The summed E-state index contributed by atoms with van der Waals surface area (Å²) in [6, 6.07) is 17.4. The molecule has 3 nitrogen and oxygen atoms in total. The number of nitrogens with zero attached hydrogens (tertiary/aromatic N) is 3. The highest BCUT2D eigenvalue weighted by Gasteiger charge is 2.25. The van der Waals surface area contributed by atoms with Gasteiger partial charge in [-0.1, -0.05) is 42.5 Å². The molecular formula is C17H17N3. The molecule has 1 unspecified atom stereocenters. The molecule has 0 N–H and O–H groups in total. The number of hydrogen-bond acceptors (Lipinski definition) is 2. The van der Waals surface area contributed by atoms with Gasteiger partial charge in [0, 0.05) is 18.5 Å². The van der Waals surface area contributed by atoms with Crippen molar-refractivity contribution in [1.82, 2.24) is 14.7 Å². The van der Waals surface area contributed by atoms with E-state index in [1.165, 1.54) is 22.0 Å². The van der Waals surface area contributed by atoms with Gasteiger partial charge in [0.2, 0.25) is 0 Å². The summed E-state index contributed by atoms with van der Waals surface area (Å²) in [4.78, 5) is 2.36. The maximum absolute atomic E-state index is 4.64. The Morgan fingerprint density at radius 1 is 1.05 bits per heavy atom. The second-order valence-corrected chi connectivity index (χ2v) is 5.56. The van der Waals surface area contributed by atoms with Crippen LogP contribution in [-0.4, -0.2) is 28.3 Å². The van der Waals surface area contributed by atoms with Crippen LogP contribution in [0.1, 0.15) is 17.2 Å². The minimum absolute atomic E-state index is 0.296. The summed E-state index contributed by atoms with van der Waals surface area (Å²) in [5.41, 5.74) is 4.02. The molecule has 20 heavy (non-hydrogen) atoms. The third kappa shape index (κ3) is 1.74. The molecule has 3 heteroatoms. The fraction of sp³-hybridized carbons (Fsp3) is 0.235. The fourth-order valence-electron chi connectivity index (χ4n) is 3.20. The molecule has 0 saturated heterocycles. The van der Waals surface area contributed by atoms with E-state index in [-0.39, 0.29) is 0 Å². The van der Waals surface area contributed by atoms with Crippen LogP contribution in [-0.2, 0) is 6.54 Å². The van der Waals surface area contributed by atoms with E-state index in [4.69, 9.17) is 0 Å². The minimum atomic E-state index is 0.296. The molecule has 1 aromatic heterocycles. The van der Waals surface area contributed by atoms with Crippen molar-refractivity contribution in [2.24, 2.45) is 0 Å². The van der Waals surface area contributed by atoms with E-state index in [2.05, 4.69) is 70.3 Å². The third-order valence-electron chi connectivity index (χ3n) is 4.14. The van der Waals surface area contributed by atoms with Gasteiger partial charge >= 0.3 is 0 Å². The van der Waals surface area contributed by atoms with E-state index in [1.807, 2.05) is 6.20 Å². The van der Waals surface area contributed by atoms with Crippen molar-refractivity contribution in [3.05, 3.63) is 65.9 Å². The zero-order chi connectivity index (χ0) is 13.5. The van der Waals surface area contributed by atoms with Crippen molar-refractivity contribution >= 4 is 10.9 Å². The van der Waals surface area contributed by atoms with E-state index >= 15 is 0 Å². The smallest absolute Gasteiger partial charge is 0.0905 e. The highest BCUT2D eigenvalue weighted by molar-refractivity contribution is 5.78. The normalized spacial score (nSPS) is 19.1. The number of fused-ring (bicyclic) bond motifs is 2. The van der Waals surface area contributed by atoms with E-state index in [0.29, 0.717) is 6.04 Å². The first kappa shape index (κ1) is 11.7. The maximum Gasteiger partial charge on any atom is 0.0905 e. The predicted molar refractivity (Wildman–Crippen MR) is 80.6 cm³/mol. The van der Waals surface area contributed by atoms with Crippen molar-refractivity contribution in [2.75, 3.05) is 13.6 Å². The van der Waals surface area contributed by atoms with Crippen LogP contribution in [0.15, 0.2) is 54.7 Å². The van der Waals surface area contributed by atoms with Gasteiger partial charge < -0.3 is 0 Å². The summed E-state index contributed by atoms with van der Waals surface area (Å²) in [5, 5.41) is 5.85. The predicted octanol–water partition coefficient (Wildman–Crippen LogP) is 3.07. The van der Waals surface area contributed by atoms with Gasteiger partial charge in [0.05, 0.1) is 17.8 Å². The van der Waals surface area contributed by atoms with Gasteiger partial charge in [-0.05, 0) is 24.2 Å². The SMILES string of the molecule is CN1Cc2ccccc2C(n2ncc3ccccc32)C1. The molecule has 0 aliphatic carbocycles. The summed E-state index contributed by atoms with van der Waals surface area (Å²) < 4.78 is 2.17. The lowest BCUT2D eigenvalue weighted by atomic mass is 9.96. The van der Waals surface area contributed by atoms with Crippen LogP contribution in [0.4, 0.5) is 0 Å². The Bertz CT molecular complexity index is 760. The Kier molecular flexibility index (Phi) is 2.60. The average Bonchev–Trinajstić information content (AvgIpc) is 2.90. The molecule has 0 bridgehead atoms. The largest absolute Gasteiger partial charge is 0.300 e. The van der Waals surface area contributed by atoms with Crippen LogP contribution in [0.2, 0.25) is 0 Å². The van der Waals surface area contributed by atoms with Crippen LogP contribution in [0.3, 0.4) is 0 Å². The number of para-hydroxylation sites is 1. The molecule has 100 valence electrons. The summed E-state index contributed by atoms with van der Waals surface area (Å²) >= 11 is 0. The summed E-state index contributed by atoms with van der Waals surface area (Å²) in [7, 11) is 2.18. The van der Waals surface area contributed by atoms with Crippen LogP contribution in [0.25, 0.3) is 10.9 Å². The number of hydrogen-bond donors (Lipinski definition) is 0. The minimum Gasteiger partial charge on any atom is -0.300 e. The quantitative estimate of drug-likeness (QED) is 0.673. The number of aromatic nitrogens is 2. The standard InChI is InChI=1S/C17H17N3/c1-19-11-14-7-2-4-8-15(14)17(12-19)20-16-9-5-3-6-13(16)10-18-20/h2-10,17H,11-12H2,1H3. The molecule has 3 aromatic rings.